The van der Waals surface area contributed by atoms with Crippen LogP contribution in [0.25, 0.3) is 11.0 Å². The van der Waals surface area contributed by atoms with E-state index in [0.29, 0.717) is 0 Å². The summed E-state index contributed by atoms with van der Waals surface area (Å²) in [6.07, 6.45) is 5.32. The number of aromatic nitrogens is 3. The van der Waals surface area contributed by atoms with Crippen molar-refractivity contribution in [3.05, 3.63) is 37.2 Å². The SMILES string of the molecule is C=CCSc1ncc2ncccc2n1. The van der Waals surface area contributed by atoms with Gasteiger partial charge in [0.2, 0.25) is 0 Å². The van der Waals surface area contributed by atoms with Crippen LogP contribution in [0.2, 0.25) is 0 Å². The molecule has 0 radical (unpaired) electrons. The molecule has 3 nitrogen and oxygen atoms in total. The largest absolute Gasteiger partial charge is 0.253 e. The molecule has 0 aromatic carbocycles. The van der Waals surface area contributed by atoms with Crippen molar-refractivity contribution in [3.8, 4) is 0 Å². The second kappa shape index (κ2) is 4.19. The molecule has 0 atom stereocenters. The van der Waals surface area contributed by atoms with Crippen molar-refractivity contribution in [3.63, 3.8) is 0 Å². The van der Waals surface area contributed by atoms with Crippen LogP contribution < -0.4 is 0 Å². The highest BCUT2D eigenvalue weighted by Gasteiger charge is 1.99. The summed E-state index contributed by atoms with van der Waals surface area (Å²) in [5.41, 5.74) is 1.71. The van der Waals surface area contributed by atoms with E-state index >= 15 is 0 Å². The number of thioether (sulfide) groups is 1. The van der Waals surface area contributed by atoms with Crippen molar-refractivity contribution in [2.75, 3.05) is 5.75 Å². The quantitative estimate of drug-likeness (QED) is 0.436. The first-order chi connectivity index (χ1) is 6.90. The van der Waals surface area contributed by atoms with Crippen LogP contribution in [0.15, 0.2) is 42.3 Å². The van der Waals surface area contributed by atoms with Crippen LogP contribution in [0.1, 0.15) is 0 Å². The molecule has 0 bridgehead atoms. The van der Waals surface area contributed by atoms with Gasteiger partial charge in [-0.2, -0.15) is 0 Å². The van der Waals surface area contributed by atoms with Crippen molar-refractivity contribution < 1.29 is 0 Å². The molecule has 0 aliphatic heterocycles. The highest BCUT2D eigenvalue weighted by atomic mass is 32.2. The van der Waals surface area contributed by atoms with Gasteiger partial charge in [-0.3, -0.25) is 4.98 Å². The summed E-state index contributed by atoms with van der Waals surface area (Å²) in [5.74, 6) is 0.825. The van der Waals surface area contributed by atoms with Crippen LogP contribution in [0.3, 0.4) is 0 Å². The van der Waals surface area contributed by atoms with Gasteiger partial charge in [-0.25, -0.2) is 9.97 Å². The minimum Gasteiger partial charge on any atom is -0.253 e. The molecule has 0 spiro atoms. The molecule has 2 aromatic heterocycles. The van der Waals surface area contributed by atoms with E-state index in [9.17, 15) is 0 Å². The van der Waals surface area contributed by atoms with Crippen LogP contribution >= 0.6 is 11.8 Å². The Balaban J connectivity index is 2.36. The molecular weight excluding hydrogens is 194 g/mol. The third-order valence-corrected chi connectivity index (χ3v) is 2.52. The number of hydrogen-bond donors (Lipinski definition) is 0. The lowest BCUT2D eigenvalue weighted by molar-refractivity contribution is 0.998. The summed E-state index contributed by atoms with van der Waals surface area (Å²) < 4.78 is 0. The zero-order valence-electron chi connectivity index (χ0n) is 7.55. The number of fused-ring (bicyclic) bond motifs is 1. The van der Waals surface area contributed by atoms with E-state index < -0.39 is 0 Å². The Morgan fingerprint density at radius 3 is 3.14 bits per heavy atom. The van der Waals surface area contributed by atoms with Crippen molar-refractivity contribution in [1.29, 1.82) is 0 Å². The Labute approximate surface area is 86.3 Å². The Morgan fingerprint density at radius 1 is 1.36 bits per heavy atom. The maximum atomic E-state index is 4.35. The molecular formula is C10H9N3S. The van der Waals surface area contributed by atoms with Crippen LogP contribution in [0.5, 0.6) is 0 Å². The third-order valence-electron chi connectivity index (χ3n) is 1.66. The summed E-state index contributed by atoms with van der Waals surface area (Å²) >= 11 is 1.57. The second-order valence-electron chi connectivity index (χ2n) is 2.66. The van der Waals surface area contributed by atoms with Gasteiger partial charge in [0.05, 0.1) is 11.7 Å². The van der Waals surface area contributed by atoms with Gasteiger partial charge in [0.1, 0.15) is 5.52 Å². The van der Waals surface area contributed by atoms with Crippen LogP contribution in [-0.4, -0.2) is 20.7 Å². The first-order valence-corrected chi connectivity index (χ1v) is 5.20. The predicted molar refractivity (Wildman–Crippen MR) is 58.3 cm³/mol. The Kier molecular flexibility index (Phi) is 2.74. The molecule has 0 saturated heterocycles. The highest BCUT2D eigenvalue weighted by molar-refractivity contribution is 7.99. The van der Waals surface area contributed by atoms with E-state index in [4.69, 9.17) is 0 Å². The smallest absolute Gasteiger partial charge is 0.188 e. The number of rotatable bonds is 3. The fraction of sp³-hybridized carbons (Fsp3) is 0.100. The minimum absolute atomic E-state index is 0.769. The average Bonchev–Trinajstić information content (AvgIpc) is 2.26. The molecule has 0 aliphatic rings. The van der Waals surface area contributed by atoms with E-state index in [-0.39, 0.29) is 0 Å². The molecule has 2 aromatic rings. The topological polar surface area (TPSA) is 38.7 Å². The van der Waals surface area contributed by atoms with Gasteiger partial charge in [-0.15, -0.1) is 6.58 Å². The first-order valence-electron chi connectivity index (χ1n) is 4.21. The Bertz CT molecular complexity index is 456. The summed E-state index contributed by atoms with van der Waals surface area (Å²) in [5, 5.41) is 0.769. The molecule has 4 heteroatoms. The maximum absolute atomic E-state index is 4.35. The predicted octanol–water partition coefficient (Wildman–Crippen LogP) is 2.30. The lowest BCUT2D eigenvalue weighted by Gasteiger charge is -1.98. The molecule has 0 aliphatic carbocycles. The van der Waals surface area contributed by atoms with Crippen LogP contribution in [0.4, 0.5) is 0 Å². The normalized spacial score (nSPS) is 10.3. The van der Waals surface area contributed by atoms with Gasteiger partial charge in [-0.1, -0.05) is 17.8 Å². The first kappa shape index (κ1) is 9.15. The zero-order valence-corrected chi connectivity index (χ0v) is 8.37. The molecule has 0 amide bonds. The molecule has 0 N–H and O–H groups in total. The van der Waals surface area contributed by atoms with E-state index in [0.717, 1.165) is 21.9 Å². The highest BCUT2D eigenvalue weighted by Crippen LogP contribution is 2.15. The lowest BCUT2D eigenvalue weighted by Crippen LogP contribution is -1.89. The number of nitrogens with zero attached hydrogens (tertiary/aromatic N) is 3. The third kappa shape index (κ3) is 1.90. The summed E-state index contributed by atoms with van der Waals surface area (Å²) in [4.78, 5) is 12.7. The molecule has 0 saturated carbocycles. The lowest BCUT2D eigenvalue weighted by atomic mass is 10.4. The molecule has 70 valence electrons. The summed E-state index contributed by atoms with van der Waals surface area (Å²) in [6, 6.07) is 3.80. The van der Waals surface area contributed by atoms with E-state index in [1.807, 2.05) is 18.2 Å². The second-order valence-corrected chi connectivity index (χ2v) is 3.65. The van der Waals surface area contributed by atoms with Crippen LogP contribution in [-0.2, 0) is 0 Å². The van der Waals surface area contributed by atoms with Gasteiger partial charge in [0, 0.05) is 11.9 Å². The van der Waals surface area contributed by atoms with Gasteiger partial charge >= 0.3 is 0 Å². The molecule has 2 rings (SSSR count). The van der Waals surface area contributed by atoms with Crippen molar-refractivity contribution in [1.82, 2.24) is 15.0 Å². The van der Waals surface area contributed by atoms with E-state index in [1.165, 1.54) is 0 Å². The summed E-state index contributed by atoms with van der Waals surface area (Å²) in [6.45, 7) is 3.65. The Hall–Kier alpha value is -1.42. The van der Waals surface area contributed by atoms with Gasteiger partial charge in [0.25, 0.3) is 0 Å². The van der Waals surface area contributed by atoms with E-state index in [1.54, 1.807) is 24.2 Å². The molecule has 0 fully saturated rings. The zero-order chi connectivity index (χ0) is 9.80. The van der Waals surface area contributed by atoms with Crippen molar-refractivity contribution in [2.24, 2.45) is 0 Å². The van der Waals surface area contributed by atoms with Crippen LogP contribution in [0, 0.1) is 0 Å². The number of hydrogen-bond acceptors (Lipinski definition) is 4. The fourth-order valence-electron chi connectivity index (χ4n) is 1.05. The van der Waals surface area contributed by atoms with Gasteiger partial charge in [0.15, 0.2) is 5.16 Å². The Morgan fingerprint density at radius 2 is 2.29 bits per heavy atom. The van der Waals surface area contributed by atoms with Crippen molar-refractivity contribution in [2.45, 2.75) is 5.16 Å². The van der Waals surface area contributed by atoms with Gasteiger partial charge < -0.3 is 0 Å². The van der Waals surface area contributed by atoms with Crippen molar-refractivity contribution >= 4 is 22.8 Å². The fourth-order valence-corrected chi connectivity index (χ4v) is 1.61. The summed E-state index contributed by atoms with van der Waals surface area (Å²) in [7, 11) is 0. The standard InChI is InChI=1S/C10H9N3S/c1-2-6-14-10-12-7-9-8(13-10)4-3-5-11-9/h2-5,7H,1,6H2. The number of pyridine rings is 1. The molecule has 2 heterocycles. The molecule has 14 heavy (non-hydrogen) atoms. The van der Waals surface area contributed by atoms with Gasteiger partial charge in [-0.05, 0) is 12.1 Å². The van der Waals surface area contributed by atoms with E-state index in [2.05, 4.69) is 21.5 Å². The maximum Gasteiger partial charge on any atom is 0.188 e. The monoisotopic (exact) mass is 203 g/mol. The minimum atomic E-state index is 0.769. The molecule has 0 unspecified atom stereocenters. The average molecular weight is 203 g/mol.